The van der Waals surface area contributed by atoms with Crippen molar-refractivity contribution in [1.29, 1.82) is 0 Å². The minimum absolute atomic E-state index is 0.599. The molecule has 19 heavy (non-hydrogen) atoms. The monoisotopic (exact) mass is 249 g/mol. The molecule has 1 nitrogen and oxygen atoms in total. The van der Waals surface area contributed by atoms with Crippen molar-refractivity contribution < 1.29 is 0 Å². The molecule has 0 aliphatic carbocycles. The summed E-state index contributed by atoms with van der Waals surface area (Å²) in [6.07, 6.45) is 2.60. The van der Waals surface area contributed by atoms with Crippen LogP contribution in [0.4, 0.5) is 5.69 Å². The second-order valence-electron chi connectivity index (χ2n) is 5.88. The van der Waals surface area contributed by atoms with Crippen LogP contribution in [-0.2, 0) is 0 Å². The molecule has 2 aliphatic rings. The predicted molar refractivity (Wildman–Crippen MR) is 79.6 cm³/mol. The van der Waals surface area contributed by atoms with Gasteiger partial charge < -0.3 is 4.90 Å². The molecule has 2 bridgehead atoms. The first-order valence-electron chi connectivity index (χ1n) is 7.21. The van der Waals surface area contributed by atoms with Crippen LogP contribution in [0.15, 0.2) is 42.5 Å². The van der Waals surface area contributed by atoms with Gasteiger partial charge in [-0.15, -0.1) is 0 Å². The Kier molecular flexibility index (Phi) is 2.26. The quantitative estimate of drug-likeness (QED) is 0.708. The number of nitrogens with zero attached hydrogens (tertiary/aromatic N) is 1. The zero-order valence-corrected chi connectivity index (χ0v) is 11.6. The van der Waals surface area contributed by atoms with E-state index in [0.717, 1.165) is 0 Å². The molecule has 2 atom stereocenters. The molecular weight excluding hydrogens is 230 g/mol. The number of para-hydroxylation sites is 1. The van der Waals surface area contributed by atoms with Gasteiger partial charge in [0.2, 0.25) is 0 Å². The second-order valence-corrected chi connectivity index (χ2v) is 5.88. The summed E-state index contributed by atoms with van der Waals surface area (Å²) in [6, 6.07) is 16.7. The Morgan fingerprint density at radius 1 is 0.789 bits per heavy atom. The van der Waals surface area contributed by atoms with E-state index in [1.165, 1.54) is 29.7 Å². The van der Waals surface area contributed by atoms with Crippen molar-refractivity contribution in [3.8, 4) is 0 Å². The molecule has 2 aliphatic heterocycles. The Morgan fingerprint density at radius 3 is 1.84 bits per heavy atom. The molecule has 2 aromatic carbocycles. The van der Waals surface area contributed by atoms with Gasteiger partial charge in [0.15, 0.2) is 0 Å². The molecule has 0 amide bonds. The van der Waals surface area contributed by atoms with E-state index in [2.05, 4.69) is 61.2 Å². The summed E-state index contributed by atoms with van der Waals surface area (Å²) in [4.78, 5) is 2.64. The molecule has 1 saturated heterocycles. The standard InChI is InChI=1S/C18H19N/c1-12-8-9-13(2)18-16-11-10-15(17(12)18)19(16)14-6-4-3-5-7-14/h3-9,15-16H,10-11H2,1-2H3. The Morgan fingerprint density at radius 2 is 1.32 bits per heavy atom. The molecule has 0 N–H and O–H groups in total. The van der Waals surface area contributed by atoms with Gasteiger partial charge in [-0.2, -0.15) is 0 Å². The minimum atomic E-state index is 0.599. The van der Waals surface area contributed by atoms with Crippen molar-refractivity contribution in [2.75, 3.05) is 4.90 Å². The third-order valence-electron chi connectivity index (χ3n) is 4.83. The predicted octanol–water partition coefficient (Wildman–Crippen LogP) is 4.70. The molecule has 2 aromatic rings. The summed E-state index contributed by atoms with van der Waals surface area (Å²) in [5.41, 5.74) is 7.53. The van der Waals surface area contributed by atoms with Gasteiger partial charge in [0.05, 0.1) is 12.1 Å². The molecular formula is C18H19N. The highest BCUT2D eigenvalue weighted by Crippen LogP contribution is 2.56. The number of aryl methyl sites for hydroxylation is 2. The topological polar surface area (TPSA) is 3.24 Å². The molecule has 1 heteroatoms. The van der Waals surface area contributed by atoms with E-state index >= 15 is 0 Å². The van der Waals surface area contributed by atoms with E-state index in [1.807, 2.05) is 0 Å². The summed E-state index contributed by atoms with van der Waals surface area (Å²) >= 11 is 0. The summed E-state index contributed by atoms with van der Waals surface area (Å²) in [5, 5.41) is 0. The molecule has 2 heterocycles. The van der Waals surface area contributed by atoms with Crippen LogP contribution < -0.4 is 4.90 Å². The first-order valence-corrected chi connectivity index (χ1v) is 7.21. The van der Waals surface area contributed by atoms with Crippen molar-refractivity contribution in [2.24, 2.45) is 0 Å². The lowest BCUT2D eigenvalue weighted by molar-refractivity contribution is 0.710. The number of hydrogen-bond donors (Lipinski definition) is 0. The van der Waals surface area contributed by atoms with Crippen LogP contribution in [0.2, 0.25) is 0 Å². The highest BCUT2D eigenvalue weighted by atomic mass is 15.2. The Balaban J connectivity index is 1.89. The van der Waals surface area contributed by atoms with E-state index in [9.17, 15) is 0 Å². The van der Waals surface area contributed by atoms with E-state index in [-0.39, 0.29) is 0 Å². The number of rotatable bonds is 1. The fraction of sp³-hybridized carbons (Fsp3) is 0.333. The Labute approximate surface area is 114 Å². The average molecular weight is 249 g/mol. The first kappa shape index (κ1) is 11.1. The lowest BCUT2D eigenvalue weighted by Gasteiger charge is -2.25. The van der Waals surface area contributed by atoms with E-state index in [1.54, 1.807) is 11.1 Å². The van der Waals surface area contributed by atoms with Gasteiger partial charge in [0.25, 0.3) is 0 Å². The summed E-state index contributed by atoms with van der Waals surface area (Å²) in [7, 11) is 0. The maximum Gasteiger partial charge on any atom is 0.0555 e. The van der Waals surface area contributed by atoms with Gasteiger partial charge >= 0.3 is 0 Å². The smallest absolute Gasteiger partial charge is 0.0555 e. The average Bonchev–Trinajstić information content (AvgIpc) is 3.00. The van der Waals surface area contributed by atoms with Gasteiger partial charge in [-0.3, -0.25) is 0 Å². The molecule has 96 valence electrons. The maximum absolute atomic E-state index is 2.64. The maximum atomic E-state index is 2.64. The van der Waals surface area contributed by atoms with Gasteiger partial charge in [0, 0.05) is 5.69 Å². The molecule has 0 aromatic heterocycles. The van der Waals surface area contributed by atoms with Crippen LogP contribution in [0.1, 0.15) is 47.2 Å². The van der Waals surface area contributed by atoms with Crippen LogP contribution in [0.5, 0.6) is 0 Å². The van der Waals surface area contributed by atoms with Gasteiger partial charge in [-0.1, -0.05) is 30.3 Å². The van der Waals surface area contributed by atoms with E-state index in [0.29, 0.717) is 12.1 Å². The lowest BCUT2D eigenvalue weighted by atomic mass is 9.86. The lowest BCUT2D eigenvalue weighted by Crippen LogP contribution is -2.18. The van der Waals surface area contributed by atoms with Gasteiger partial charge in [-0.25, -0.2) is 0 Å². The van der Waals surface area contributed by atoms with Crippen molar-refractivity contribution in [3.05, 3.63) is 64.7 Å². The zero-order valence-electron chi connectivity index (χ0n) is 11.6. The van der Waals surface area contributed by atoms with Gasteiger partial charge in [-0.05, 0) is 61.1 Å². The summed E-state index contributed by atoms with van der Waals surface area (Å²) < 4.78 is 0. The number of benzene rings is 2. The largest absolute Gasteiger partial charge is 0.357 e. The molecule has 0 radical (unpaired) electrons. The van der Waals surface area contributed by atoms with Gasteiger partial charge in [0.1, 0.15) is 0 Å². The summed E-state index contributed by atoms with van der Waals surface area (Å²) in [6.45, 7) is 4.53. The molecule has 4 rings (SSSR count). The number of fused-ring (bicyclic) bond motifs is 5. The van der Waals surface area contributed by atoms with Crippen molar-refractivity contribution >= 4 is 5.69 Å². The Bertz CT molecular complexity index is 593. The zero-order chi connectivity index (χ0) is 13.0. The fourth-order valence-corrected chi connectivity index (χ4v) is 4.08. The normalized spacial score (nSPS) is 23.8. The van der Waals surface area contributed by atoms with Crippen LogP contribution in [0.3, 0.4) is 0 Å². The van der Waals surface area contributed by atoms with Crippen LogP contribution in [0.25, 0.3) is 0 Å². The van der Waals surface area contributed by atoms with Crippen molar-refractivity contribution in [2.45, 2.75) is 38.8 Å². The minimum Gasteiger partial charge on any atom is -0.357 e. The highest BCUT2D eigenvalue weighted by Gasteiger charge is 2.45. The summed E-state index contributed by atoms with van der Waals surface area (Å²) in [5.74, 6) is 0. The second kappa shape index (κ2) is 3.86. The van der Waals surface area contributed by atoms with Crippen molar-refractivity contribution in [1.82, 2.24) is 0 Å². The van der Waals surface area contributed by atoms with E-state index < -0.39 is 0 Å². The molecule has 0 spiro atoms. The third kappa shape index (κ3) is 1.42. The van der Waals surface area contributed by atoms with Crippen LogP contribution in [0, 0.1) is 13.8 Å². The molecule has 2 unspecified atom stereocenters. The van der Waals surface area contributed by atoms with Crippen molar-refractivity contribution in [3.63, 3.8) is 0 Å². The highest BCUT2D eigenvalue weighted by molar-refractivity contribution is 5.62. The molecule has 1 fully saturated rings. The first-order chi connectivity index (χ1) is 9.27. The third-order valence-corrected chi connectivity index (χ3v) is 4.83. The van der Waals surface area contributed by atoms with E-state index in [4.69, 9.17) is 0 Å². The fourth-order valence-electron chi connectivity index (χ4n) is 4.08. The van der Waals surface area contributed by atoms with Crippen LogP contribution >= 0.6 is 0 Å². The Hall–Kier alpha value is -1.76. The number of anilines is 1. The van der Waals surface area contributed by atoms with Crippen LogP contribution in [-0.4, -0.2) is 0 Å². The molecule has 0 saturated carbocycles. The SMILES string of the molecule is Cc1ccc(C)c2c1C1CCC2N1c1ccccc1. The number of hydrogen-bond acceptors (Lipinski definition) is 1.